The largest absolute Gasteiger partial charge is 0.476 e. The standard InChI is InChI=1S/C16H14F3N7O2/c1-20-11-6-10-23-13-9(16(17,18)19)2-3-12(25-13)28-5-4-21-15(27)8-7-22-26(11)14(8)24-10/h2-3,6-7,20H,4-5H2,1H3,(H,21,27)(H,23,24,25). The van der Waals surface area contributed by atoms with E-state index in [1.54, 1.807) is 7.05 Å². The molecule has 0 unspecified atom stereocenters. The van der Waals surface area contributed by atoms with E-state index in [1.165, 1.54) is 16.8 Å². The quantitative estimate of drug-likeness (QED) is 0.581. The van der Waals surface area contributed by atoms with Gasteiger partial charge in [0.05, 0.1) is 18.3 Å². The fourth-order valence-electron chi connectivity index (χ4n) is 2.75. The molecule has 28 heavy (non-hydrogen) atoms. The van der Waals surface area contributed by atoms with Gasteiger partial charge in [-0.2, -0.15) is 27.8 Å². The van der Waals surface area contributed by atoms with Crippen LogP contribution in [0.1, 0.15) is 15.9 Å². The summed E-state index contributed by atoms with van der Waals surface area (Å²) in [6.07, 6.45) is -3.29. The average Bonchev–Trinajstić information content (AvgIpc) is 3.07. The molecule has 0 spiro atoms. The molecule has 1 amide bonds. The van der Waals surface area contributed by atoms with E-state index in [-0.39, 0.29) is 36.1 Å². The van der Waals surface area contributed by atoms with E-state index in [4.69, 9.17) is 4.74 Å². The molecule has 3 aromatic heterocycles. The summed E-state index contributed by atoms with van der Waals surface area (Å²) in [6, 6.07) is 3.46. The molecule has 4 rings (SSSR count). The third kappa shape index (κ3) is 3.12. The Bertz CT molecular complexity index is 1060. The van der Waals surface area contributed by atoms with Gasteiger partial charge in [0.15, 0.2) is 5.65 Å². The van der Waals surface area contributed by atoms with Gasteiger partial charge in [-0.1, -0.05) is 0 Å². The molecule has 3 aromatic rings. The van der Waals surface area contributed by atoms with Crippen LogP contribution in [0, 0.1) is 0 Å². The number of carbonyl (C=O) groups excluding carboxylic acids is 1. The van der Waals surface area contributed by atoms with Crippen LogP contribution in [0.15, 0.2) is 24.4 Å². The highest BCUT2D eigenvalue weighted by molar-refractivity contribution is 6.00. The van der Waals surface area contributed by atoms with Crippen LogP contribution in [-0.2, 0) is 6.18 Å². The first-order chi connectivity index (χ1) is 13.4. The van der Waals surface area contributed by atoms with Crippen molar-refractivity contribution in [2.75, 3.05) is 30.8 Å². The zero-order valence-corrected chi connectivity index (χ0v) is 14.5. The lowest BCUT2D eigenvalue weighted by Gasteiger charge is -2.15. The molecule has 0 radical (unpaired) electrons. The summed E-state index contributed by atoms with van der Waals surface area (Å²) in [5.74, 6) is -0.422. The van der Waals surface area contributed by atoms with Crippen LogP contribution in [0.2, 0.25) is 0 Å². The molecule has 3 N–H and O–H groups in total. The van der Waals surface area contributed by atoms with Crippen molar-refractivity contribution in [2.24, 2.45) is 0 Å². The molecule has 1 aliphatic heterocycles. The van der Waals surface area contributed by atoms with Gasteiger partial charge in [0.1, 0.15) is 29.6 Å². The van der Waals surface area contributed by atoms with E-state index in [2.05, 4.69) is 31.0 Å². The fraction of sp³-hybridized carbons (Fsp3) is 0.250. The Kier molecular flexibility index (Phi) is 4.17. The van der Waals surface area contributed by atoms with Crippen LogP contribution in [-0.4, -0.2) is 45.7 Å². The summed E-state index contributed by atoms with van der Waals surface area (Å²) in [4.78, 5) is 20.6. The highest BCUT2D eigenvalue weighted by Crippen LogP contribution is 2.36. The molecule has 0 fully saturated rings. The molecule has 1 aliphatic rings. The molecule has 146 valence electrons. The summed E-state index contributed by atoms with van der Waals surface area (Å²) in [5, 5.41) is 12.2. The van der Waals surface area contributed by atoms with E-state index < -0.39 is 23.5 Å². The lowest BCUT2D eigenvalue weighted by molar-refractivity contribution is -0.137. The molecule has 0 aromatic carbocycles. The molecular weight excluding hydrogens is 379 g/mol. The van der Waals surface area contributed by atoms with Gasteiger partial charge < -0.3 is 20.7 Å². The summed E-state index contributed by atoms with van der Waals surface area (Å²) in [5.41, 5.74) is -0.614. The van der Waals surface area contributed by atoms with Crippen molar-refractivity contribution in [2.45, 2.75) is 6.18 Å². The number of carbonyl (C=O) groups is 1. The number of nitrogens with one attached hydrogen (secondary N) is 3. The number of halogens is 3. The number of fused-ring (bicyclic) bond motifs is 3. The summed E-state index contributed by atoms with van der Waals surface area (Å²) < 4.78 is 46.9. The maximum atomic E-state index is 13.4. The van der Waals surface area contributed by atoms with Crippen molar-refractivity contribution >= 4 is 29.0 Å². The van der Waals surface area contributed by atoms with Crippen molar-refractivity contribution in [3.8, 4) is 5.88 Å². The van der Waals surface area contributed by atoms with Crippen LogP contribution in [0.25, 0.3) is 5.65 Å². The lowest BCUT2D eigenvalue weighted by Crippen LogP contribution is -2.28. The minimum absolute atomic E-state index is 0.0121. The smallest absolute Gasteiger partial charge is 0.419 e. The van der Waals surface area contributed by atoms with Crippen molar-refractivity contribution < 1.29 is 22.7 Å². The van der Waals surface area contributed by atoms with E-state index in [9.17, 15) is 18.0 Å². The first-order valence-corrected chi connectivity index (χ1v) is 8.19. The Morgan fingerprint density at radius 3 is 2.86 bits per heavy atom. The predicted octanol–water partition coefficient (Wildman–Crippen LogP) is 2.05. The first kappa shape index (κ1) is 17.8. The molecule has 4 bridgehead atoms. The van der Waals surface area contributed by atoms with E-state index in [1.807, 2.05) is 0 Å². The normalized spacial score (nSPS) is 14.4. The zero-order chi connectivity index (χ0) is 19.9. The van der Waals surface area contributed by atoms with Crippen LogP contribution in [0.4, 0.5) is 30.6 Å². The molecule has 0 atom stereocenters. The van der Waals surface area contributed by atoms with Gasteiger partial charge in [-0.15, -0.1) is 0 Å². The molecule has 0 saturated carbocycles. The maximum absolute atomic E-state index is 13.4. The molecule has 4 heterocycles. The number of pyridine rings is 1. The first-order valence-electron chi connectivity index (χ1n) is 8.19. The van der Waals surface area contributed by atoms with Gasteiger partial charge in [-0.05, 0) is 6.07 Å². The minimum Gasteiger partial charge on any atom is -0.476 e. The fourth-order valence-corrected chi connectivity index (χ4v) is 2.75. The third-order valence-corrected chi connectivity index (χ3v) is 4.03. The Balaban J connectivity index is 1.91. The number of hydrogen-bond acceptors (Lipinski definition) is 7. The van der Waals surface area contributed by atoms with Crippen LogP contribution >= 0.6 is 0 Å². The average molecular weight is 393 g/mol. The van der Waals surface area contributed by atoms with Crippen molar-refractivity contribution in [3.63, 3.8) is 0 Å². The topological polar surface area (TPSA) is 105 Å². The summed E-state index contributed by atoms with van der Waals surface area (Å²) >= 11 is 0. The Morgan fingerprint density at radius 1 is 1.29 bits per heavy atom. The van der Waals surface area contributed by atoms with E-state index in [0.717, 1.165) is 12.1 Å². The lowest BCUT2D eigenvalue weighted by atomic mass is 10.2. The summed E-state index contributed by atoms with van der Waals surface area (Å²) in [7, 11) is 1.61. The number of anilines is 3. The molecule has 0 aliphatic carbocycles. The second-order valence-corrected chi connectivity index (χ2v) is 5.84. The third-order valence-electron chi connectivity index (χ3n) is 4.03. The van der Waals surface area contributed by atoms with Gasteiger partial charge in [-0.25, -0.2) is 4.98 Å². The Hall–Kier alpha value is -3.57. The number of amides is 1. The van der Waals surface area contributed by atoms with Gasteiger partial charge in [-0.3, -0.25) is 4.79 Å². The number of aromatic nitrogens is 4. The highest BCUT2D eigenvalue weighted by atomic mass is 19.4. The van der Waals surface area contributed by atoms with Crippen molar-refractivity contribution in [1.82, 2.24) is 24.9 Å². The monoisotopic (exact) mass is 393 g/mol. The van der Waals surface area contributed by atoms with Crippen LogP contribution < -0.4 is 20.7 Å². The van der Waals surface area contributed by atoms with E-state index >= 15 is 0 Å². The van der Waals surface area contributed by atoms with Gasteiger partial charge in [0, 0.05) is 19.2 Å². The van der Waals surface area contributed by atoms with Crippen LogP contribution in [0.3, 0.4) is 0 Å². The zero-order valence-electron chi connectivity index (χ0n) is 14.5. The Morgan fingerprint density at radius 2 is 2.11 bits per heavy atom. The van der Waals surface area contributed by atoms with Crippen LogP contribution in [0.5, 0.6) is 5.88 Å². The van der Waals surface area contributed by atoms with Gasteiger partial charge in [0.25, 0.3) is 5.91 Å². The molecule has 9 nitrogen and oxygen atoms in total. The highest BCUT2D eigenvalue weighted by Gasteiger charge is 2.35. The number of alkyl halides is 3. The summed E-state index contributed by atoms with van der Waals surface area (Å²) in [6.45, 7) is 0.154. The number of nitrogens with zero attached hydrogens (tertiary/aromatic N) is 4. The van der Waals surface area contributed by atoms with E-state index in [0.29, 0.717) is 5.82 Å². The van der Waals surface area contributed by atoms with Gasteiger partial charge >= 0.3 is 6.18 Å². The molecule has 12 heteroatoms. The second kappa shape index (κ2) is 6.55. The predicted molar refractivity (Wildman–Crippen MR) is 92.9 cm³/mol. The SMILES string of the molecule is CNc1cc2nc3c(cnn13)C(=O)NCCOc1ccc(C(F)(F)F)c(n1)N2. The molecule has 0 saturated heterocycles. The van der Waals surface area contributed by atoms with Gasteiger partial charge in [0.2, 0.25) is 5.88 Å². The maximum Gasteiger partial charge on any atom is 0.419 e. The number of rotatable bonds is 1. The van der Waals surface area contributed by atoms with Crippen molar-refractivity contribution in [3.05, 3.63) is 35.5 Å². The number of hydrogen-bond donors (Lipinski definition) is 3. The second-order valence-electron chi connectivity index (χ2n) is 5.84. The number of ether oxygens (including phenoxy) is 1. The van der Waals surface area contributed by atoms with Crippen molar-refractivity contribution in [1.29, 1.82) is 0 Å². The molecular formula is C16H14F3N7O2. The minimum atomic E-state index is -4.63. The Labute approximate surface area is 155 Å².